The number of aliphatic carboxylic acids is 1. The summed E-state index contributed by atoms with van der Waals surface area (Å²) in [6.07, 6.45) is -17.2. The summed E-state index contributed by atoms with van der Waals surface area (Å²) in [4.78, 5) is 132. The van der Waals surface area contributed by atoms with E-state index in [1.54, 1.807) is 23.3 Å². The number of carboxylic acids is 1. The Bertz CT molecular complexity index is 4650. The van der Waals surface area contributed by atoms with Crippen LogP contribution in [-0.2, 0) is 60.5 Å². The Morgan fingerprint density at radius 3 is 2.30 bits per heavy atom. The first-order chi connectivity index (χ1) is 54.1. The van der Waals surface area contributed by atoms with Gasteiger partial charge in [0.1, 0.15) is 72.1 Å². The van der Waals surface area contributed by atoms with Gasteiger partial charge >= 0.3 is 17.7 Å². The zero-order valence-corrected chi connectivity index (χ0v) is 60.4. The summed E-state index contributed by atoms with van der Waals surface area (Å²) < 4.78 is 51.6. The van der Waals surface area contributed by atoms with Crippen LogP contribution in [0.25, 0.3) is 11.2 Å². The van der Waals surface area contributed by atoms with E-state index in [0.717, 1.165) is 12.1 Å². The predicted molar refractivity (Wildman–Crippen MR) is 383 cm³/mol. The maximum absolute atomic E-state index is 14.3. The number of fused-ring (bicyclic) bond motifs is 4. The van der Waals surface area contributed by atoms with E-state index in [9.17, 15) is 99.5 Å². The Morgan fingerprint density at radius 1 is 0.867 bits per heavy atom. The van der Waals surface area contributed by atoms with Gasteiger partial charge in [-0.2, -0.15) is 4.98 Å². The largest absolute Gasteiger partial charge is 0.507 e. The molecule has 606 valence electrons. The molecule has 0 spiro atoms. The van der Waals surface area contributed by atoms with Crippen LogP contribution in [0.3, 0.4) is 0 Å². The summed E-state index contributed by atoms with van der Waals surface area (Å²) in [6.45, 7) is 0.647. The summed E-state index contributed by atoms with van der Waals surface area (Å²) in [6, 6.07) is 10.9. The summed E-state index contributed by atoms with van der Waals surface area (Å²) in [5.41, 5.74) is 6.73. The SMILES string of the molecule is COc1cccc2c1C(=O)c1c(O)c3c(c(O)c1C2=O)C[C@@](O)(C(=O)CO)C[C@@H]3OC1CC(NC(=O)O[C@@H](CC2=CN(CCOCCOCCOCCNC(=O)CC[C@H](NC(=O)c3ccc(NCc4cnc5nc(N)[nH]c(=O)c5n4)cc3)C(=O)O)NN2)c2ccc(O[C@@H]3OC(CO)[C@H](O)[C@H](O)C3O)c([N+](=O)[O-])c2)C(O)C(C)O1. The number of phenolic OH excluding ortho intramolecular Hbond substituents is 2. The number of aromatic hydroxyl groups is 2. The first kappa shape index (κ1) is 82.7. The van der Waals surface area contributed by atoms with Gasteiger partial charge in [0.2, 0.25) is 23.9 Å². The maximum atomic E-state index is 14.3. The minimum absolute atomic E-state index is 0.0100. The lowest BCUT2D eigenvalue weighted by molar-refractivity contribution is -0.387. The molecule has 5 aliphatic rings. The lowest BCUT2D eigenvalue weighted by atomic mass is 9.72. The Morgan fingerprint density at radius 2 is 1.59 bits per heavy atom. The number of nitro benzene ring substituents is 1. The number of nitro groups is 1. The second kappa shape index (κ2) is 36.5. The number of methoxy groups -OCH3 is 1. The van der Waals surface area contributed by atoms with Gasteiger partial charge in [0.05, 0.1) is 118 Å². The molecule has 0 radical (unpaired) electrons. The first-order valence-electron chi connectivity index (χ1n) is 35.4. The number of rotatable bonds is 35. The molecule has 2 saturated heterocycles. The molecule has 13 atom stereocenters. The van der Waals surface area contributed by atoms with Crippen molar-refractivity contribution in [2.75, 3.05) is 84.1 Å². The van der Waals surface area contributed by atoms with Crippen molar-refractivity contribution in [3.8, 4) is 23.0 Å². The molecule has 6 unspecified atom stereocenters. The molecule has 2 fully saturated rings. The number of H-pyrrole nitrogens is 1. The quantitative estimate of drug-likeness (QED) is 0.00902. The highest BCUT2D eigenvalue weighted by molar-refractivity contribution is 6.31. The molecule has 3 amide bonds. The standard InChI is InChI=1S/C71H83N13O29/c1-32-56(89)41(24-50(109-32)110-46-26-71(102,48(87)31-86)25-39-52(46)61(94)54-53(58(39)91)57(90)38-4-3-5-44(105-2)51(38)60(54)93)78-70(101)113-45(34-8-12-43(42(22-34)84(103)104)111-68-63(96)62(95)59(92)47(30-85)112-68)23-36-29-83(82-81-36)15-17-107-19-21-108-20-18-106-16-14-73-49(88)13-11-40(67(99)100)77-65(97)33-6-9-35(10-7-33)74-27-37-28-75-64-55(76-37)66(98)80-69(72)79-64/h3-10,12,22,28-29,32,40-41,45-47,50,56,59,62-63,68,74,81-82,85-86,89,91-92,94-96,102H,11,13-21,23-27,30-31H2,1-2H3,(H,73,88)(H,77,97)(H,78,101)(H,99,100)(H3,72,75,79,80,98)/t32?,40-,41?,45-,46-,47?,50?,56?,59-,62-,63?,68+,71-/m0/s1. The van der Waals surface area contributed by atoms with Crippen molar-refractivity contribution in [3.05, 3.63) is 149 Å². The average molecular weight is 1580 g/mol. The second-order valence-electron chi connectivity index (χ2n) is 26.7. The molecule has 0 saturated carbocycles. The number of hydrogen-bond donors (Lipinski definition) is 18. The molecule has 19 N–H and O–H groups in total. The van der Waals surface area contributed by atoms with E-state index in [2.05, 4.69) is 52.2 Å². The van der Waals surface area contributed by atoms with Crippen molar-refractivity contribution in [2.24, 2.45) is 0 Å². The van der Waals surface area contributed by atoms with Gasteiger partial charge in [-0.3, -0.25) is 48.9 Å². The van der Waals surface area contributed by atoms with Crippen LogP contribution in [0.15, 0.2) is 83.6 Å². The van der Waals surface area contributed by atoms with Gasteiger partial charge in [0.15, 0.2) is 34.8 Å². The molecule has 0 bridgehead atoms. The highest BCUT2D eigenvalue weighted by Gasteiger charge is 2.51. The van der Waals surface area contributed by atoms with Gasteiger partial charge in [-0.05, 0) is 55.3 Å². The van der Waals surface area contributed by atoms with Gasteiger partial charge in [-0.15, -0.1) is 5.53 Å². The zero-order valence-electron chi connectivity index (χ0n) is 60.4. The number of carbonyl (C=O) groups excluding carboxylic acids is 6. The number of nitrogens with zero attached hydrogens (tertiary/aromatic N) is 5. The number of anilines is 2. The minimum atomic E-state index is -2.52. The second-order valence-corrected chi connectivity index (χ2v) is 26.7. The summed E-state index contributed by atoms with van der Waals surface area (Å²) in [5, 5.41) is 133. The van der Waals surface area contributed by atoms with Crippen LogP contribution in [0.4, 0.5) is 22.1 Å². The number of aliphatic hydroxyl groups excluding tert-OH is 6. The number of nitrogen functional groups attached to an aromatic ring is 1. The van der Waals surface area contributed by atoms with Crippen LogP contribution in [0.1, 0.15) is 116 Å². The summed E-state index contributed by atoms with van der Waals surface area (Å²) >= 11 is 0. The van der Waals surface area contributed by atoms with Crippen LogP contribution < -0.4 is 53.0 Å². The molecular weight excluding hydrogens is 1500 g/mol. The number of amides is 3. The monoisotopic (exact) mass is 1580 g/mol. The molecule has 113 heavy (non-hydrogen) atoms. The van der Waals surface area contributed by atoms with Crippen LogP contribution in [0, 0.1) is 10.1 Å². The van der Waals surface area contributed by atoms with Crippen LogP contribution in [-0.4, -0.2) is 262 Å². The number of carbonyl (C=O) groups is 7. The van der Waals surface area contributed by atoms with Gasteiger partial charge < -0.3 is 126 Å². The van der Waals surface area contributed by atoms with Crippen LogP contribution >= 0.6 is 0 Å². The van der Waals surface area contributed by atoms with Gasteiger partial charge in [0.25, 0.3) is 11.5 Å². The number of phenols is 2. The van der Waals surface area contributed by atoms with Crippen molar-refractivity contribution >= 4 is 69.7 Å². The molecule has 2 aliphatic carbocycles. The number of hydrazine groups is 2. The van der Waals surface area contributed by atoms with Crippen molar-refractivity contribution in [3.63, 3.8) is 0 Å². The van der Waals surface area contributed by atoms with Crippen LogP contribution in [0.5, 0.6) is 23.0 Å². The van der Waals surface area contributed by atoms with Crippen molar-refractivity contribution < 1.29 is 132 Å². The lowest BCUT2D eigenvalue weighted by Crippen LogP contribution is -2.60. The van der Waals surface area contributed by atoms with Crippen LogP contribution in [0.2, 0.25) is 0 Å². The molecule has 2 aromatic heterocycles. The fourth-order valence-corrected chi connectivity index (χ4v) is 13.3. The molecule has 42 heteroatoms. The highest BCUT2D eigenvalue weighted by atomic mass is 16.7. The number of Topliss-reactive ketones (excluding diaryl/α,β-unsaturated/α-hetero) is 1. The fraction of sp³-hybridized carbons (Fsp3) is 0.451. The Hall–Kier alpha value is -11.2. The average Bonchev–Trinajstić information content (AvgIpc) is 0.740. The summed E-state index contributed by atoms with van der Waals surface area (Å²) in [5.74, 6) is -7.85. The number of aromatic amines is 1. The Balaban J connectivity index is 0.655. The van der Waals surface area contributed by atoms with E-state index in [1.807, 2.05) is 0 Å². The molecule has 3 aliphatic heterocycles. The molecule has 6 aromatic rings. The molecular formula is C71H83N13O29. The number of nitrogens with two attached hydrogens (primary N) is 1. The Labute approximate surface area is 639 Å². The molecule has 4 aromatic carbocycles. The van der Waals surface area contributed by atoms with E-state index in [4.69, 9.17) is 48.4 Å². The third-order valence-electron chi connectivity index (χ3n) is 19.2. The highest BCUT2D eigenvalue weighted by Crippen LogP contribution is 2.53. The number of ether oxygens (including phenoxy) is 9. The fourth-order valence-electron chi connectivity index (χ4n) is 13.3. The lowest BCUT2D eigenvalue weighted by Gasteiger charge is -2.42. The minimum Gasteiger partial charge on any atom is -0.507 e. The smallest absolute Gasteiger partial charge is 0.408 e. The van der Waals surface area contributed by atoms with Gasteiger partial charge in [-0.1, -0.05) is 18.2 Å². The number of carboxylic acid groups (broad SMARTS) is 1. The molecule has 5 heterocycles. The molecule has 11 rings (SSSR count). The van der Waals surface area contributed by atoms with Gasteiger partial charge in [0, 0.05) is 84.6 Å². The number of nitrogens with one attached hydrogen (secondary N) is 7. The number of alkyl carbamates (subject to hydrolysis) is 1. The summed E-state index contributed by atoms with van der Waals surface area (Å²) in [7, 11) is 1.25. The van der Waals surface area contributed by atoms with E-state index in [-0.39, 0.29) is 135 Å². The van der Waals surface area contributed by atoms with E-state index in [0.29, 0.717) is 17.1 Å². The topological polar surface area (TPSA) is 621 Å². The van der Waals surface area contributed by atoms with Crippen molar-refractivity contribution in [2.45, 2.75) is 131 Å². The number of benzene rings is 4. The van der Waals surface area contributed by atoms with E-state index in [1.165, 1.54) is 56.6 Å². The number of aromatic nitrogens is 4. The first-order valence-corrected chi connectivity index (χ1v) is 35.4. The van der Waals surface area contributed by atoms with Gasteiger partial charge in [-0.25, -0.2) is 19.6 Å². The predicted octanol–water partition coefficient (Wildman–Crippen LogP) is -1.80. The van der Waals surface area contributed by atoms with Crippen molar-refractivity contribution in [1.29, 1.82) is 0 Å². The zero-order chi connectivity index (χ0) is 81.1. The maximum Gasteiger partial charge on any atom is 0.408 e. The number of ketones is 3. The number of hydrogen-bond acceptors (Lipinski definition) is 36. The van der Waals surface area contributed by atoms with E-state index >= 15 is 0 Å². The third-order valence-corrected chi connectivity index (χ3v) is 19.2. The van der Waals surface area contributed by atoms with Crippen molar-refractivity contribution in [1.82, 2.24) is 51.9 Å². The number of aliphatic hydroxyl groups is 7. The normalized spacial score (nSPS) is 23.0. The third kappa shape index (κ3) is 19.1. The molecule has 42 nitrogen and oxygen atoms in total. The Kier molecular flexibility index (Phi) is 26.7. The van der Waals surface area contributed by atoms with E-state index < -0.39 is 197 Å².